The molecular weight excluding hydrogens is 410 g/mol. The molecule has 0 bridgehead atoms. The van der Waals surface area contributed by atoms with Gasteiger partial charge >= 0.3 is 0 Å². The summed E-state index contributed by atoms with van der Waals surface area (Å²) < 4.78 is 6.24. The fourth-order valence-corrected chi connectivity index (χ4v) is 3.89. The number of halogens is 1. The van der Waals surface area contributed by atoms with Gasteiger partial charge in [0.2, 0.25) is 0 Å². The quantitative estimate of drug-likeness (QED) is 0.740. The molecule has 0 N–H and O–H groups in total. The van der Waals surface area contributed by atoms with Gasteiger partial charge in [0.15, 0.2) is 5.82 Å². The Labute approximate surface area is 167 Å². The zero-order chi connectivity index (χ0) is 18.6. The first-order valence-corrected chi connectivity index (χ1v) is 9.96. The van der Waals surface area contributed by atoms with Crippen LogP contribution in [0.25, 0.3) is 0 Å². The molecule has 0 spiro atoms. The number of nitrogens with zero attached hydrogens (tertiary/aromatic N) is 5. The molecule has 0 atom stereocenters. The second kappa shape index (κ2) is 8.22. The highest BCUT2D eigenvalue weighted by Crippen LogP contribution is 2.23. The molecular formula is C19H22BrN5O2. The summed E-state index contributed by atoms with van der Waals surface area (Å²) in [5.41, 5.74) is 1.77. The molecule has 1 amide bonds. The number of amides is 1. The summed E-state index contributed by atoms with van der Waals surface area (Å²) in [6.07, 6.45) is 1.80. The van der Waals surface area contributed by atoms with Gasteiger partial charge in [-0.05, 0) is 28.1 Å². The number of ether oxygens (including phenoxy) is 1. The second-order valence-corrected chi connectivity index (χ2v) is 7.48. The zero-order valence-electron chi connectivity index (χ0n) is 15.1. The van der Waals surface area contributed by atoms with Gasteiger partial charge in [-0.25, -0.2) is 0 Å². The molecule has 4 rings (SSSR count). The van der Waals surface area contributed by atoms with Gasteiger partial charge in [0, 0.05) is 49.8 Å². The van der Waals surface area contributed by atoms with E-state index < -0.39 is 0 Å². The number of aromatic nitrogens is 2. The Bertz CT molecular complexity index is 804. The highest BCUT2D eigenvalue weighted by molar-refractivity contribution is 9.10. The van der Waals surface area contributed by atoms with Crippen molar-refractivity contribution in [2.75, 3.05) is 62.3 Å². The Kier molecular flexibility index (Phi) is 5.54. The smallest absolute Gasteiger partial charge is 0.255 e. The van der Waals surface area contributed by atoms with E-state index in [-0.39, 0.29) is 5.91 Å². The van der Waals surface area contributed by atoms with E-state index in [2.05, 4.69) is 42.0 Å². The molecule has 2 fully saturated rings. The van der Waals surface area contributed by atoms with E-state index in [1.165, 1.54) is 0 Å². The van der Waals surface area contributed by atoms with Crippen LogP contribution in [0.1, 0.15) is 10.4 Å². The molecule has 0 aliphatic carbocycles. The van der Waals surface area contributed by atoms with Gasteiger partial charge in [-0.15, -0.1) is 5.10 Å². The van der Waals surface area contributed by atoms with E-state index in [0.717, 1.165) is 55.4 Å². The van der Waals surface area contributed by atoms with E-state index in [4.69, 9.17) is 4.74 Å². The molecule has 2 aliphatic heterocycles. The number of piperazine rings is 1. The lowest BCUT2D eigenvalue weighted by molar-refractivity contribution is 0.0746. The summed E-state index contributed by atoms with van der Waals surface area (Å²) in [5, 5.41) is 8.46. The van der Waals surface area contributed by atoms with Crippen molar-refractivity contribution in [3.63, 3.8) is 0 Å². The summed E-state index contributed by atoms with van der Waals surface area (Å²) in [6.45, 7) is 6.07. The summed E-state index contributed by atoms with van der Waals surface area (Å²) in [4.78, 5) is 19.1. The molecule has 27 heavy (non-hydrogen) atoms. The largest absolute Gasteiger partial charge is 0.378 e. The van der Waals surface area contributed by atoms with Crippen LogP contribution in [0.2, 0.25) is 0 Å². The van der Waals surface area contributed by atoms with Gasteiger partial charge in [0.05, 0.1) is 30.7 Å². The third-order valence-electron chi connectivity index (χ3n) is 5.00. The first-order valence-electron chi connectivity index (χ1n) is 9.16. The standard InChI is InChI=1S/C19H22BrN5O2/c20-17-4-2-1-3-16(17)19(26)25-7-5-23(6-8-25)15-13-18(22-21-14-15)24-9-11-27-12-10-24/h1-4,13-14H,5-12H2. The number of rotatable bonds is 3. The predicted octanol–water partition coefficient (Wildman–Crippen LogP) is 2.04. The normalized spacial score (nSPS) is 17.9. The van der Waals surface area contributed by atoms with Crippen LogP contribution in [-0.2, 0) is 4.74 Å². The molecule has 1 aromatic heterocycles. The van der Waals surface area contributed by atoms with Crippen molar-refractivity contribution in [1.29, 1.82) is 0 Å². The number of morpholine rings is 1. The fraction of sp³-hybridized carbons (Fsp3) is 0.421. The van der Waals surface area contributed by atoms with E-state index >= 15 is 0 Å². The van der Waals surface area contributed by atoms with Crippen LogP contribution >= 0.6 is 15.9 Å². The minimum absolute atomic E-state index is 0.0731. The number of benzene rings is 1. The number of anilines is 2. The molecule has 142 valence electrons. The molecule has 3 heterocycles. The van der Waals surface area contributed by atoms with Crippen LogP contribution in [-0.4, -0.2) is 73.5 Å². The molecule has 2 aliphatic rings. The molecule has 8 heteroatoms. The van der Waals surface area contributed by atoms with E-state index in [1.54, 1.807) is 6.20 Å². The molecule has 0 unspecified atom stereocenters. The fourth-order valence-electron chi connectivity index (χ4n) is 3.44. The Morgan fingerprint density at radius 3 is 2.48 bits per heavy atom. The Morgan fingerprint density at radius 2 is 1.74 bits per heavy atom. The van der Waals surface area contributed by atoms with E-state index in [0.29, 0.717) is 18.7 Å². The lowest BCUT2D eigenvalue weighted by atomic mass is 10.2. The summed E-state index contributed by atoms with van der Waals surface area (Å²) in [7, 11) is 0. The van der Waals surface area contributed by atoms with Crippen molar-refractivity contribution < 1.29 is 9.53 Å². The first kappa shape index (κ1) is 18.2. The topological polar surface area (TPSA) is 61.8 Å². The van der Waals surface area contributed by atoms with Crippen molar-refractivity contribution >= 4 is 33.3 Å². The molecule has 0 saturated carbocycles. The van der Waals surface area contributed by atoms with Crippen molar-refractivity contribution in [2.24, 2.45) is 0 Å². The van der Waals surface area contributed by atoms with Gasteiger partial charge in [-0.3, -0.25) is 4.79 Å². The van der Waals surface area contributed by atoms with Gasteiger partial charge in [0.1, 0.15) is 0 Å². The van der Waals surface area contributed by atoms with E-state index in [1.807, 2.05) is 29.2 Å². The number of hydrogen-bond acceptors (Lipinski definition) is 6. The predicted molar refractivity (Wildman–Crippen MR) is 107 cm³/mol. The van der Waals surface area contributed by atoms with Crippen LogP contribution in [0, 0.1) is 0 Å². The summed E-state index contributed by atoms with van der Waals surface area (Å²) in [5.74, 6) is 0.964. The SMILES string of the molecule is O=C(c1ccccc1Br)N1CCN(c2cnnc(N3CCOCC3)c2)CC1. The van der Waals surface area contributed by atoms with Gasteiger partial charge in [-0.2, -0.15) is 5.10 Å². The Morgan fingerprint density at radius 1 is 1.00 bits per heavy atom. The minimum atomic E-state index is 0.0731. The van der Waals surface area contributed by atoms with Crippen LogP contribution in [0.5, 0.6) is 0 Å². The van der Waals surface area contributed by atoms with Crippen molar-refractivity contribution in [2.45, 2.75) is 0 Å². The van der Waals surface area contributed by atoms with Crippen molar-refractivity contribution in [1.82, 2.24) is 15.1 Å². The molecule has 0 radical (unpaired) electrons. The molecule has 1 aromatic carbocycles. The number of carbonyl (C=O) groups excluding carboxylic acids is 1. The third-order valence-corrected chi connectivity index (χ3v) is 5.69. The van der Waals surface area contributed by atoms with Crippen molar-refractivity contribution in [3.8, 4) is 0 Å². The van der Waals surface area contributed by atoms with E-state index in [9.17, 15) is 4.79 Å². The maximum absolute atomic E-state index is 12.8. The molecule has 7 nitrogen and oxygen atoms in total. The van der Waals surface area contributed by atoms with Crippen LogP contribution < -0.4 is 9.80 Å². The van der Waals surface area contributed by atoms with Gasteiger partial charge in [0.25, 0.3) is 5.91 Å². The third kappa shape index (κ3) is 4.06. The zero-order valence-corrected chi connectivity index (χ0v) is 16.6. The number of carbonyl (C=O) groups is 1. The molecule has 2 aromatic rings. The highest BCUT2D eigenvalue weighted by Gasteiger charge is 2.24. The van der Waals surface area contributed by atoms with Crippen LogP contribution in [0.15, 0.2) is 41.0 Å². The van der Waals surface area contributed by atoms with Gasteiger partial charge < -0.3 is 19.4 Å². The Balaban J connectivity index is 1.40. The maximum atomic E-state index is 12.8. The highest BCUT2D eigenvalue weighted by atomic mass is 79.9. The van der Waals surface area contributed by atoms with Crippen LogP contribution in [0.4, 0.5) is 11.5 Å². The minimum Gasteiger partial charge on any atom is -0.378 e. The first-order chi connectivity index (χ1) is 13.2. The van der Waals surface area contributed by atoms with Crippen molar-refractivity contribution in [3.05, 3.63) is 46.6 Å². The summed E-state index contributed by atoms with van der Waals surface area (Å²) >= 11 is 3.47. The summed E-state index contributed by atoms with van der Waals surface area (Å²) in [6, 6.07) is 9.66. The lowest BCUT2D eigenvalue weighted by Gasteiger charge is -2.36. The maximum Gasteiger partial charge on any atom is 0.255 e. The Hall–Kier alpha value is -2.19. The van der Waals surface area contributed by atoms with Crippen LogP contribution in [0.3, 0.4) is 0 Å². The van der Waals surface area contributed by atoms with Gasteiger partial charge in [-0.1, -0.05) is 12.1 Å². The second-order valence-electron chi connectivity index (χ2n) is 6.63. The lowest BCUT2D eigenvalue weighted by Crippen LogP contribution is -2.49. The monoisotopic (exact) mass is 431 g/mol. The average molecular weight is 432 g/mol. The molecule has 2 saturated heterocycles. The number of hydrogen-bond donors (Lipinski definition) is 0. The average Bonchev–Trinajstić information content (AvgIpc) is 2.74.